The van der Waals surface area contributed by atoms with Gasteiger partial charge in [0.05, 0.1) is 7.11 Å². The van der Waals surface area contributed by atoms with Crippen molar-refractivity contribution < 1.29 is 9.84 Å². The second-order valence-electron chi connectivity index (χ2n) is 3.36. The smallest absolute Gasteiger partial charge is 0.123 e. The summed E-state index contributed by atoms with van der Waals surface area (Å²) in [5, 5.41) is 9.83. The molecule has 0 bridgehead atoms. The zero-order chi connectivity index (χ0) is 11.5. The zero-order valence-corrected chi connectivity index (χ0v) is 10.4. The van der Waals surface area contributed by atoms with E-state index in [1.807, 2.05) is 30.3 Å². The van der Waals surface area contributed by atoms with Crippen LogP contribution >= 0.6 is 15.9 Å². The highest BCUT2D eigenvalue weighted by molar-refractivity contribution is 9.10. The van der Waals surface area contributed by atoms with Gasteiger partial charge in [0.15, 0.2) is 0 Å². The van der Waals surface area contributed by atoms with Crippen LogP contribution in [0.2, 0.25) is 0 Å². The Labute approximate surface area is 103 Å². The van der Waals surface area contributed by atoms with Gasteiger partial charge in [0.25, 0.3) is 0 Å². The number of hydrogen-bond donors (Lipinski definition) is 1. The summed E-state index contributed by atoms with van der Waals surface area (Å²) in [6.07, 6.45) is 0. The van der Waals surface area contributed by atoms with Crippen molar-refractivity contribution in [1.82, 2.24) is 0 Å². The molecule has 82 valence electrons. The highest BCUT2D eigenvalue weighted by Crippen LogP contribution is 2.36. The molecule has 0 aliphatic heterocycles. The number of methoxy groups -OCH3 is 1. The number of benzene rings is 2. The molecule has 3 heteroatoms. The molecule has 0 amide bonds. The number of aromatic hydroxyl groups is 1. The molecule has 0 fully saturated rings. The van der Waals surface area contributed by atoms with Crippen molar-refractivity contribution in [1.29, 1.82) is 0 Å². The van der Waals surface area contributed by atoms with Crippen LogP contribution in [0, 0.1) is 0 Å². The molecule has 0 aliphatic rings. The molecule has 0 saturated carbocycles. The summed E-state index contributed by atoms with van der Waals surface area (Å²) < 4.78 is 6.09. The molecule has 16 heavy (non-hydrogen) atoms. The summed E-state index contributed by atoms with van der Waals surface area (Å²) in [5.74, 6) is 0.969. The second-order valence-corrected chi connectivity index (χ2v) is 4.22. The average molecular weight is 279 g/mol. The molecule has 0 aliphatic carbocycles. The maximum atomic E-state index is 9.83. The molecule has 0 saturated heterocycles. The van der Waals surface area contributed by atoms with E-state index in [-0.39, 0.29) is 5.75 Å². The highest BCUT2D eigenvalue weighted by atomic mass is 79.9. The standard InChI is InChI=1S/C13H11BrO2/c1-16-9-6-7-13(15)11(8-9)10-4-2-3-5-12(10)14/h2-8,15H,1H3. The molecule has 0 spiro atoms. The maximum Gasteiger partial charge on any atom is 0.123 e. The minimum absolute atomic E-state index is 0.243. The van der Waals surface area contributed by atoms with Crippen LogP contribution in [0.3, 0.4) is 0 Å². The van der Waals surface area contributed by atoms with Crippen LogP contribution in [0.4, 0.5) is 0 Å². The van der Waals surface area contributed by atoms with Crippen molar-refractivity contribution >= 4 is 15.9 Å². The Hall–Kier alpha value is -1.48. The normalized spacial score (nSPS) is 10.1. The monoisotopic (exact) mass is 278 g/mol. The lowest BCUT2D eigenvalue weighted by Crippen LogP contribution is -1.85. The molecule has 2 rings (SSSR count). The largest absolute Gasteiger partial charge is 0.507 e. The fourth-order valence-corrected chi connectivity index (χ4v) is 2.04. The summed E-state index contributed by atoms with van der Waals surface area (Å²) in [6.45, 7) is 0. The van der Waals surface area contributed by atoms with Gasteiger partial charge < -0.3 is 9.84 Å². The van der Waals surface area contributed by atoms with Gasteiger partial charge in [-0.05, 0) is 29.8 Å². The van der Waals surface area contributed by atoms with Crippen molar-refractivity contribution in [3.05, 3.63) is 46.9 Å². The van der Waals surface area contributed by atoms with E-state index >= 15 is 0 Å². The summed E-state index contributed by atoms with van der Waals surface area (Å²) in [6, 6.07) is 12.9. The van der Waals surface area contributed by atoms with Gasteiger partial charge in [-0.15, -0.1) is 0 Å². The summed E-state index contributed by atoms with van der Waals surface area (Å²) >= 11 is 3.46. The van der Waals surface area contributed by atoms with Crippen LogP contribution in [0.15, 0.2) is 46.9 Å². The predicted molar refractivity (Wildman–Crippen MR) is 67.8 cm³/mol. The quantitative estimate of drug-likeness (QED) is 0.905. The summed E-state index contributed by atoms with van der Waals surface area (Å²) in [7, 11) is 1.61. The Balaban J connectivity index is 2.59. The molecule has 2 aromatic rings. The van der Waals surface area contributed by atoms with Crippen molar-refractivity contribution in [3.8, 4) is 22.6 Å². The minimum atomic E-state index is 0.243. The molecule has 2 aromatic carbocycles. The lowest BCUT2D eigenvalue weighted by molar-refractivity contribution is 0.412. The SMILES string of the molecule is COc1ccc(O)c(-c2ccccc2Br)c1. The third-order valence-corrected chi connectivity index (χ3v) is 3.06. The number of phenolic OH excluding ortho intramolecular Hbond substituents is 1. The number of ether oxygens (including phenoxy) is 1. The molecular weight excluding hydrogens is 268 g/mol. The van der Waals surface area contributed by atoms with Gasteiger partial charge in [-0.1, -0.05) is 34.1 Å². The molecule has 0 atom stereocenters. The highest BCUT2D eigenvalue weighted by Gasteiger charge is 2.08. The van der Waals surface area contributed by atoms with Gasteiger partial charge in [-0.2, -0.15) is 0 Å². The lowest BCUT2D eigenvalue weighted by atomic mass is 10.0. The first-order chi connectivity index (χ1) is 7.72. The van der Waals surface area contributed by atoms with E-state index in [2.05, 4.69) is 15.9 Å². The Kier molecular flexibility index (Phi) is 3.15. The number of halogens is 1. The first-order valence-electron chi connectivity index (χ1n) is 4.84. The van der Waals surface area contributed by atoms with Crippen LogP contribution in [0.25, 0.3) is 11.1 Å². The second kappa shape index (κ2) is 4.58. The summed E-state index contributed by atoms with van der Waals surface area (Å²) in [5.41, 5.74) is 1.70. The molecule has 0 unspecified atom stereocenters. The molecule has 0 radical (unpaired) electrons. The predicted octanol–water partition coefficient (Wildman–Crippen LogP) is 3.83. The first-order valence-corrected chi connectivity index (χ1v) is 5.63. The third kappa shape index (κ3) is 2.04. The lowest BCUT2D eigenvalue weighted by Gasteiger charge is -2.08. The van der Waals surface area contributed by atoms with Crippen molar-refractivity contribution in [3.63, 3.8) is 0 Å². The van der Waals surface area contributed by atoms with Gasteiger partial charge in [-0.25, -0.2) is 0 Å². The van der Waals surface area contributed by atoms with E-state index in [0.717, 1.165) is 21.3 Å². The van der Waals surface area contributed by atoms with Crippen molar-refractivity contribution in [2.45, 2.75) is 0 Å². The van der Waals surface area contributed by atoms with E-state index in [1.165, 1.54) is 0 Å². The Morgan fingerprint density at radius 2 is 1.81 bits per heavy atom. The van der Waals surface area contributed by atoms with E-state index in [9.17, 15) is 5.11 Å². The van der Waals surface area contributed by atoms with Gasteiger partial charge in [0.2, 0.25) is 0 Å². The van der Waals surface area contributed by atoms with Crippen molar-refractivity contribution in [2.24, 2.45) is 0 Å². The maximum absolute atomic E-state index is 9.83. The Morgan fingerprint density at radius 3 is 2.50 bits per heavy atom. The molecule has 1 N–H and O–H groups in total. The molecule has 0 heterocycles. The third-order valence-electron chi connectivity index (χ3n) is 2.37. The van der Waals surface area contributed by atoms with Gasteiger partial charge in [0, 0.05) is 10.0 Å². The van der Waals surface area contributed by atoms with Crippen LogP contribution in [-0.2, 0) is 0 Å². The van der Waals surface area contributed by atoms with E-state index in [0.29, 0.717) is 0 Å². The minimum Gasteiger partial charge on any atom is -0.507 e. The topological polar surface area (TPSA) is 29.5 Å². The number of rotatable bonds is 2. The first kappa shape index (κ1) is 11.0. The zero-order valence-electron chi connectivity index (χ0n) is 8.77. The molecule has 0 aromatic heterocycles. The summed E-state index contributed by atoms with van der Waals surface area (Å²) in [4.78, 5) is 0. The van der Waals surface area contributed by atoms with Crippen LogP contribution in [0.1, 0.15) is 0 Å². The van der Waals surface area contributed by atoms with Crippen LogP contribution in [0.5, 0.6) is 11.5 Å². The molecular formula is C13H11BrO2. The van der Waals surface area contributed by atoms with Gasteiger partial charge in [0.1, 0.15) is 11.5 Å². The molecule has 2 nitrogen and oxygen atoms in total. The van der Waals surface area contributed by atoms with Crippen molar-refractivity contribution in [2.75, 3.05) is 7.11 Å². The average Bonchev–Trinajstić information content (AvgIpc) is 2.31. The van der Waals surface area contributed by atoms with E-state index in [4.69, 9.17) is 4.74 Å². The van der Waals surface area contributed by atoms with E-state index in [1.54, 1.807) is 19.2 Å². The van der Waals surface area contributed by atoms with Gasteiger partial charge >= 0.3 is 0 Å². The number of hydrogen-bond acceptors (Lipinski definition) is 2. The van der Waals surface area contributed by atoms with Gasteiger partial charge in [-0.3, -0.25) is 0 Å². The van der Waals surface area contributed by atoms with E-state index < -0.39 is 0 Å². The Bertz CT molecular complexity index is 509. The van der Waals surface area contributed by atoms with Crippen LogP contribution in [-0.4, -0.2) is 12.2 Å². The fourth-order valence-electron chi connectivity index (χ4n) is 1.54. The fraction of sp³-hybridized carbons (Fsp3) is 0.0769. The van der Waals surface area contributed by atoms with Crippen LogP contribution < -0.4 is 4.74 Å². The number of phenols is 1. The Morgan fingerprint density at radius 1 is 1.06 bits per heavy atom.